The number of nitrogens with two attached hydrogens (primary N) is 1. The van der Waals surface area contributed by atoms with Crippen LogP contribution in [-0.4, -0.2) is 35.7 Å². The molecule has 0 bridgehead atoms. The second-order valence-electron chi connectivity index (χ2n) is 5.19. The molecular formula is C15H24N2O. The van der Waals surface area contributed by atoms with Crippen LogP contribution in [0.3, 0.4) is 0 Å². The Morgan fingerprint density at radius 1 is 1.11 bits per heavy atom. The summed E-state index contributed by atoms with van der Waals surface area (Å²) >= 11 is 0. The zero-order valence-corrected chi connectivity index (χ0v) is 11.0. The van der Waals surface area contributed by atoms with Crippen molar-refractivity contribution in [3.8, 4) is 0 Å². The molecule has 0 amide bonds. The van der Waals surface area contributed by atoms with E-state index in [1.54, 1.807) is 0 Å². The van der Waals surface area contributed by atoms with E-state index in [0.717, 1.165) is 25.2 Å². The van der Waals surface area contributed by atoms with Crippen LogP contribution < -0.4 is 5.73 Å². The first-order chi connectivity index (χ1) is 8.79. The van der Waals surface area contributed by atoms with Gasteiger partial charge in [-0.3, -0.25) is 4.90 Å². The molecule has 100 valence electrons. The lowest BCUT2D eigenvalue weighted by atomic mass is 10.1. The predicted molar refractivity (Wildman–Crippen MR) is 75.5 cm³/mol. The Morgan fingerprint density at radius 2 is 1.78 bits per heavy atom. The van der Waals surface area contributed by atoms with Gasteiger partial charge in [0.15, 0.2) is 0 Å². The number of aliphatic hydroxyl groups excluding tert-OH is 1. The van der Waals surface area contributed by atoms with E-state index in [9.17, 15) is 5.11 Å². The van der Waals surface area contributed by atoms with E-state index >= 15 is 0 Å². The van der Waals surface area contributed by atoms with Gasteiger partial charge in [-0.2, -0.15) is 0 Å². The molecule has 3 heteroatoms. The van der Waals surface area contributed by atoms with Crippen molar-refractivity contribution in [1.29, 1.82) is 0 Å². The lowest BCUT2D eigenvalue weighted by Gasteiger charge is -2.28. The fraction of sp³-hybridized carbons (Fsp3) is 0.600. The average molecular weight is 248 g/mol. The van der Waals surface area contributed by atoms with Crippen LogP contribution in [0.5, 0.6) is 0 Å². The van der Waals surface area contributed by atoms with Gasteiger partial charge in [0, 0.05) is 24.8 Å². The zero-order chi connectivity index (χ0) is 12.8. The highest BCUT2D eigenvalue weighted by Crippen LogP contribution is 2.23. The fourth-order valence-electron chi connectivity index (χ4n) is 2.83. The molecule has 1 fully saturated rings. The van der Waals surface area contributed by atoms with E-state index in [4.69, 9.17) is 5.73 Å². The summed E-state index contributed by atoms with van der Waals surface area (Å²) in [6.07, 6.45) is 6.31. The number of rotatable bonds is 6. The summed E-state index contributed by atoms with van der Waals surface area (Å²) in [5.41, 5.74) is 7.83. The Kier molecular flexibility index (Phi) is 5.02. The number of hydrogen-bond donors (Lipinski definition) is 2. The van der Waals surface area contributed by atoms with Crippen LogP contribution >= 0.6 is 0 Å². The van der Waals surface area contributed by atoms with Gasteiger partial charge in [0.05, 0.1) is 6.61 Å². The van der Waals surface area contributed by atoms with Crippen molar-refractivity contribution in [2.24, 2.45) is 0 Å². The molecule has 2 rings (SSSR count). The minimum absolute atomic E-state index is 0.262. The first-order valence-electron chi connectivity index (χ1n) is 6.99. The first-order valence-corrected chi connectivity index (χ1v) is 6.99. The molecule has 0 unspecified atom stereocenters. The molecule has 0 spiro atoms. The SMILES string of the molecule is Nc1ccc(CCN(CCO)C2CCCC2)cc1. The summed E-state index contributed by atoms with van der Waals surface area (Å²) in [7, 11) is 0. The highest BCUT2D eigenvalue weighted by atomic mass is 16.3. The summed E-state index contributed by atoms with van der Waals surface area (Å²) in [6, 6.07) is 8.80. The fourth-order valence-corrected chi connectivity index (χ4v) is 2.83. The molecule has 0 aromatic heterocycles. The highest BCUT2D eigenvalue weighted by Gasteiger charge is 2.21. The lowest BCUT2D eigenvalue weighted by Crippen LogP contribution is -2.37. The van der Waals surface area contributed by atoms with Crippen molar-refractivity contribution < 1.29 is 5.11 Å². The van der Waals surface area contributed by atoms with Gasteiger partial charge in [0.2, 0.25) is 0 Å². The van der Waals surface area contributed by atoms with Gasteiger partial charge in [0.1, 0.15) is 0 Å². The van der Waals surface area contributed by atoms with E-state index < -0.39 is 0 Å². The van der Waals surface area contributed by atoms with Crippen molar-refractivity contribution in [1.82, 2.24) is 4.90 Å². The molecule has 1 aliphatic carbocycles. The quantitative estimate of drug-likeness (QED) is 0.758. The van der Waals surface area contributed by atoms with Crippen LogP contribution in [0.1, 0.15) is 31.2 Å². The van der Waals surface area contributed by atoms with Crippen molar-refractivity contribution in [3.63, 3.8) is 0 Å². The standard InChI is InChI=1S/C15H24N2O/c16-14-7-5-13(6-8-14)9-10-17(11-12-18)15-3-1-2-4-15/h5-8,15,18H,1-4,9-12,16H2. The summed E-state index contributed by atoms with van der Waals surface area (Å²) in [6.45, 7) is 2.10. The normalized spacial score (nSPS) is 16.6. The number of nitrogens with zero attached hydrogens (tertiary/aromatic N) is 1. The van der Waals surface area contributed by atoms with Crippen LogP contribution in [0, 0.1) is 0 Å². The molecule has 3 N–H and O–H groups in total. The number of benzene rings is 1. The topological polar surface area (TPSA) is 49.5 Å². The van der Waals surface area contributed by atoms with Crippen molar-refractivity contribution in [2.75, 3.05) is 25.4 Å². The second kappa shape index (κ2) is 6.76. The van der Waals surface area contributed by atoms with Crippen LogP contribution in [0.4, 0.5) is 5.69 Å². The van der Waals surface area contributed by atoms with Gasteiger partial charge in [0.25, 0.3) is 0 Å². The van der Waals surface area contributed by atoms with Crippen molar-refractivity contribution in [2.45, 2.75) is 38.1 Å². The number of anilines is 1. The highest BCUT2D eigenvalue weighted by molar-refractivity contribution is 5.39. The van der Waals surface area contributed by atoms with E-state index in [2.05, 4.69) is 17.0 Å². The van der Waals surface area contributed by atoms with Crippen molar-refractivity contribution in [3.05, 3.63) is 29.8 Å². The number of hydrogen-bond acceptors (Lipinski definition) is 3. The van der Waals surface area contributed by atoms with Gasteiger partial charge in [-0.15, -0.1) is 0 Å². The summed E-state index contributed by atoms with van der Waals surface area (Å²) in [4.78, 5) is 2.45. The molecule has 1 aliphatic rings. The molecule has 1 aromatic rings. The summed E-state index contributed by atoms with van der Waals surface area (Å²) in [5.74, 6) is 0. The molecule has 0 aliphatic heterocycles. The van der Waals surface area contributed by atoms with Crippen LogP contribution in [-0.2, 0) is 6.42 Å². The maximum absolute atomic E-state index is 9.17. The Morgan fingerprint density at radius 3 is 2.39 bits per heavy atom. The molecule has 0 radical (unpaired) electrons. The van der Waals surface area contributed by atoms with Gasteiger partial charge in [-0.25, -0.2) is 0 Å². The van der Waals surface area contributed by atoms with Crippen LogP contribution in [0.15, 0.2) is 24.3 Å². The maximum Gasteiger partial charge on any atom is 0.0558 e. The average Bonchev–Trinajstić information content (AvgIpc) is 2.90. The Balaban J connectivity index is 1.86. The first kappa shape index (κ1) is 13.4. The Labute approximate surface area is 110 Å². The molecule has 0 atom stereocenters. The van der Waals surface area contributed by atoms with E-state index in [1.807, 2.05) is 12.1 Å². The van der Waals surface area contributed by atoms with Gasteiger partial charge in [-0.1, -0.05) is 25.0 Å². The monoisotopic (exact) mass is 248 g/mol. The minimum Gasteiger partial charge on any atom is -0.399 e. The Hall–Kier alpha value is -1.06. The van der Waals surface area contributed by atoms with Gasteiger partial charge < -0.3 is 10.8 Å². The second-order valence-corrected chi connectivity index (χ2v) is 5.19. The van der Waals surface area contributed by atoms with Gasteiger partial charge >= 0.3 is 0 Å². The molecule has 0 saturated heterocycles. The van der Waals surface area contributed by atoms with Crippen LogP contribution in [0.25, 0.3) is 0 Å². The summed E-state index contributed by atoms with van der Waals surface area (Å²) < 4.78 is 0. The summed E-state index contributed by atoms with van der Waals surface area (Å²) in [5, 5.41) is 9.17. The minimum atomic E-state index is 0.262. The third-order valence-corrected chi connectivity index (χ3v) is 3.90. The van der Waals surface area contributed by atoms with E-state index in [-0.39, 0.29) is 6.61 Å². The molecule has 3 nitrogen and oxygen atoms in total. The van der Waals surface area contributed by atoms with Gasteiger partial charge in [-0.05, 0) is 37.0 Å². The van der Waals surface area contributed by atoms with Crippen LogP contribution in [0.2, 0.25) is 0 Å². The van der Waals surface area contributed by atoms with E-state index in [0.29, 0.717) is 6.04 Å². The Bertz CT molecular complexity index is 344. The third-order valence-electron chi connectivity index (χ3n) is 3.90. The number of nitrogen functional groups attached to an aromatic ring is 1. The smallest absolute Gasteiger partial charge is 0.0558 e. The molecule has 0 heterocycles. The molecule has 18 heavy (non-hydrogen) atoms. The zero-order valence-electron chi connectivity index (χ0n) is 11.0. The largest absolute Gasteiger partial charge is 0.399 e. The molecule has 1 saturated carbocycles. The van der Waals surface area contributed by atoms with Crippen molar-refractivity contribution >= 4 is 5.69 Å². The van der Waals surface area contributed by atoms with E-state index in [1.165, 1.54) is 31.2 Å². The molecular weight excluding hydrogens is 224 g/mol. The third kappa shape index (κ3) is 3.72. The lowest BCUT2D eigenvalue weighted by molar-refractivity contribution is 0.153. The number of aliphatic hydroxyl groups is 1. The predicted octanol–water partition coefficient (Wildman–Crippen LogP) is 2.05. The molecule has 1 aromatic carbocycles. The maximum atomic E-state index is 9.17.